The van der Waals surface area contributed by atoms with Gasteiger partial charge in [-0.15, -0.1) is 0 Å². The second-order valence-electron chi connectivity index (χ2n) is 6.76. The second kappa shape index (κ2) is 9.41. The summed E-state index contributed by atoms with van der Waals surface area (Å²) in [6, 6.07) is 10.3. The molecule has 1 aromatic carbocycles. The summed E-state index contributed by atoms with van der Waals surface area (Å²) in [7, 11) is 0. The molecule has 2 N–H and O–H groups in total. The van der Waals surface area contributed by atoms with Crippen molar-refractivity contribution >= 4 is 29.2 Å². The number of hydrogen-bond acceptors (Lipinski definition) is 4. The SMILES string of the molecule is CC(=O)NCC1CCCN(C(=O)Nc2ccc(Oc3ccc(Cl)cc3)nc2)C1. The Labute approximate surface area is 169 Å². The summed E-state index contributed by atoms with van der Waals surface area (Å²) in [4.78, 5) is 29.6. The first-order valence-electron chi connectivity index (χ1n) is 9.19. The molecular weight excluding hydrogens is 380 g/mol. The highest BCUT2D eigenvalue weighted by Crippen LogP contribution is 2.23. The smallest absolute Gasteiger partial charge is 0.321 e. The molecule has 7 nitrogen and oxygen atoms in total. The lowest BCUT2D eigenvalue weighted by Gasteiger charge is -2.32. The Kier molecular flexibility index (Phi) is 6.71. The number of likely N-dealkylation sites (tertiary alicyclic amines) is 1. The number of benzene rings is 1. The van der Waals surface area contributed by atoms with Crippen LogP contribution in [-0.2, 0) is 4.79 Å². The first-order chi connectivity index (χ1) is 13.5. The topological polar surface area (TPSA) is 83.6 Å². The molecule has 28 heavy (non-hydrogen) atoms. The summed E-state index contributed by atoms with van der Waals surface area (Å²) < 4.78 is 5.64. The molecule has 2 heterocycles. The van der Waals surface area contributed by atoms with E-state index in [1.807, 2.05) is 0 Å². The minimum atomic E-state index is -0.166. The van der Waals surface area contributed by atoms with E-state index in [1.54, 1.807) is 47.5 Å². The molecule has 0 radical (unpaired) electrons. The van der Waals surface area contributed by atoms with Crippen molar-refractivity contribution in [2.24, 2.45) is 5.92 Å². The Morgan fingerprint density at radius 3 is 2.71 bits per heavy atom. The zero-order valence-corrected chi connectivity index (χ0v) is 16.4. The third-order valence-electron chi connectivity index (χ3n) is 4.47. The molecular formula is C20H23ClN4O3. The van der Waals surface area contributed by atoms with Crippen LogP contribution in [0, 0.1) is 5.92 Å². The summed E-state index contributed by atoms with van der Waals surface area (Å²) in [6.45, 7) is 3.42. The fourth-order valence-corrected chi connectivity index (χ4v) is 3.17. The van der Waals surface area contributed by atoms with E-state index in [1.165, 1.54) is 6.92 Å². The molecule has 0 bridgehead atoms. The summed E-state index contributed by atoms with van der Waals surface area (Å²) in [5, 5.41) is 6.32. The van der Waals surface area contributed by atoms with E-state index in [4.69, 9.17) is 16.3 Å². The van der Waals surface area contributed by atoms with Crippen LogP contribution in [0.25, 0.3) is 0 Å². The van der Waals surface area contributed by atoms with Crippen molar-refractivity contribution in [3.63, 3.8) is 0 Å². The van der Waals surface area contributed by atoms with Gasteiger partial charge in [0.1, 0.15) is 5.75 Å². The maximum absolute atomic E-state index is 12.5. The van der Waals surface area contributed by atoms with Crippen molar-refractivity contribution in [2.75, 3.05) is 25.0 Å². The number of nitrogens with one attached hydrogen (secondary N) is 2. The molecule has 148 valence electrons. The van der Waals surface area contributed by atoms with Gasteiger partial charge in [0.25, 0.3) is 0 Å². The van der Waals surface area contributed by atoms with E-state index in [0.29, 0.717) is 42.0 Å². The van der Waals surface area contributed by atoms with E-state index < -0.39 is 0 Å². The number of amides is 3. The third kappa shape index (κ3) is 5.85. The molecule has 1 aliphatic rings. The van der Waals surface area contributed by atoms with Gasteiger partial charge in [0.15, 0.2) is 0 Å². The van der Waals surface area contributed by atoms with E-state index in [-0.39, 0.29) is 17.9 Å². The zero-order chi connectivity index (χ0) is 19.9. The van der Waals surface area contributed by atoms with Crippen molar-refractivity contribution in [1.29, 1.82) is 0 Å². The van der Waals surface area contributed by atoms with Gasteiger partial charge in [-0.1, -0.05) is 11.6 Å². The van der Waals surface area contributed by atoms with Gasteiger partial charge in [0, 0.05) is 37.6 Å². The fraction of sp³-hybridized carbons (Fsp3) is 0.350. The molecule has 3 amide bonds. The molecule has 1 fully saturated rings. The molecule has 1 saturated heterocycles. The van der Waals surface area contributed by atoms with Crippen LogP contribution in [0.5, 0.6) is 11.6 Å². The molecule has 1 atom stereocenters. The molecule has 0 saturated carbocycles. The van der Waals surface area contributed by atoms with Crippen LogP contribution in [0.2, 0.25) is 5.02 Å². The van der Waals surface area contributed by atoms with Crippen molar-refractivity contribution in [1.82, 2.24) is 15.2 Å². The third-order valence-corrected chi connectivity index (χ3v) is 4.72. The number of ether oxygens (including phenoxy) is 1. The van der Waals surface area contributed by atoms with Gasteiger partial charge in [-0.2, -0.15) is 0 Å². The number of carbonyl (C=O) groups excluding carboxylic acids is 2. The van der Waals surface area contributed by atoms with Gasteiger partial charge in [-0.05, 0) is 49.1 Å². The van der Waals surface area contributed by atoms with E-state index in [0.717, 1.165) is 12.8 Å². The largest absolute Gasteiger partial charge is 0.439 e. The number of aromatic nitrogens is 1. The molecule has 0 aliphatic carbocycles. The minimum absolute atomic E-state index is 0.0476. The van der Waals surface area contributed by atoms with Crippen LogP contribution >= 0.6 is 11.6 Å². The first-order valence-corrected chi connectivity index (χ1v) is 9.57. The summed E-state index contributed by atoms with van der Waals surface area (Å²) in [5.41, 5.74) is 0.595. The van der Waals surface area contributed by atoms with Gasteiger partial charge in [-0.25, -0.2) is 9.78 Å². The fourth-order valence-electron chi connectivity index (χ4n) is 3.04. The molecule has 1 aromatic heterocycles. The monoisotopic (exact) mass is 402 g/mol. The van der Waals surface area contributed by atoms with Crippen molar-refractivity contribution in [3.8, 4) is 11.6 Å². The Hall–Kier alpha value is -2.80. The van der Waals surface area contributed by atoms with Gasteiger partial charge in [-0.3, -0.25) is 4.79 Å². The molecule has 0 spiro atoms. The average Bonchev–Trinajstić information content (AvgIpc) is 2.70. The van der Waals surface area contributed by atoms with Crippen LogP contribution in [0.1, 0.15) is 19.8 Å². The van der Waals surface area contributed by atoms with Gasteiger partial charge in [0.2, 0.25) is 11.8 Å². The maximum atomic E-state index is 12.5. The number of nitrogens with zero attached hydrogens (tertiary/aromatic N) is 2. The molecule has 3 rings (SSSR count). The number of anilines is 1. The Balaban J connectivity index is 1.52. The second-order valence-corrected chi connectivity index (χ2v) is 7.20. The lowest BCUT2D eigenvalue weighted by Crippen LogP contribution is -2.45. The average molecular weight is 403 g/mol. The molecule has 1 unspecified atom stereocenters. The lowest BCUT2D eigenvalue weighted by atomic mass is 9.98. The maximum Gasteiger partial charge on any atom is 0.321 e. The zero-order valence-electron chi connectivity index (χ0n) is 15.7. The van der Waals surface area contributed by atoms with Crippen LogP contribution < -0.4 is 15.4 Å². The van der Waals surface area contributed by atoms with Crippen LogP contribution in [0.4, 0.5) is 10.5 Å². The number of urea groups is 1. The number of piperidine rings is 1. The summed E-state index contributed by atoms with van der Waals surface area (Å²) in [6.07, 6.45) is 3.48. The Morgan fingerprint density at radius 1 is 1.25 bits per heavy atom. The highest BCUT2D eigenvalue weighted by atomic mass is 35.5. The predicted molar refractivity (Wildman–Crippen MR) is 108 cm³/mol. The number of pyridine rings is 1. The summed E-state index contributed by atoms with van der Waals surface area (Å²) in [5.74, 6) is 1.28. The van der Waals surface area contributed by atoms with Crippen molar-refractivity contribution in [3.05, 3.63) is 47.6 Å². The highest BCUT2D eigenvalue weighted by Gasteiger charge is 2.23. The van der Waals surface area contributed by atoms with E-state index in [2.05, 4.69) is 15.6 Å². The predicted octanol–water partition coefficient (Wildman–Crippen LogP) is 3.91. The number of hydrogen-bond donors (Lipinski definition) is 2. The Bertz CT molecular complexity index is 811. The minimum Gasteiger partial charge on any atom is -0.439 e. The molecule has 1 aliphatic heterocycles. The lowest BCUT2D eigenvalue weighted by molar-refractivity contribution is -0.119. The van der Waals surface area contributed by atoms with Gasteiger partial charge in [0.05, 0.1) is 11.9 Å². The first kappa shape index (κ1) is 19.9. The van der Waals surface area contributed by atoms with E-state index in [9.17, 15) is 9.59 Å². The van der Waals surface area contributed by atoms with Gasteiger partial charge < -0.3 is 20.3 Å². The van der Waals surface area contributed by atoms with Gasteiger partial charge >= 0.3 is 6.03 Å². The molecule has 8 heteroatoms. The standard InChI is InChI=1S/C20H23ClN4O3/c1-14(26)22-11-15-3-2-10-25(13-15)20(27)24-17-6-9-19(23-12-17)28-18-7-4-16(21)5-8-18/h4-9,12,15H,2-3,10-11,13H2,1H3,(H,22,26)(H,24,27). The molecule has 2 aromatic rings. The summed E-state index contributed by atoms with van der Waals surface area (Å²) >= 11 is 5.85. The Morgan fingerprint density at radius 2 is 2.04 bits per heavy atom. The van der Waals surface area contributed by atoms with Crippen LogP contribution in [0.3, 0.4) is 0 Å². The normalized spacial score (nSPS) is 16.4. The number of halogens is 1. The van der Waals surface area contributed by atoms with Crippen LogP contribution in [0.15, 0.2) is 42.6 Å². The van der Waals surface area contributed by atoms with Crippen LogP contribution in [-0.4, -0.2) is 41.5 Å². The van der Waals surface area contributed by atoms with Crippen molar-refractivity contribution in [2.45, 2.75) is 19.8 Å². The highest BCUT2D eigenvalue weighted by molar-refractivity contribution is 6.30. The number of carbonyl (C=O) groups is 2. The van der Waals surface area contributed by atoms with Crippen molar-refractivity contribution < 1.29 is 14.3 Å². The number of rotatable bonds is 5. The quantitative estimate of drug-likeness (QED) is 0.794. The van der Waals surface area contributed by atoms with E-state index >= 15 is 0 Å².